The van der Waals surface area contributed by atoms with Crippen molar-refractivity contribution in [1.29, 1.82) is 0 Å². The second-order valence-corrected chi connectivity index (χ2v) is 11.6. The molecular formula is C31H35ClN2O3. The van der Waals surface area contributed by atoms with Crippen LogP contribution in [0.25, 0.3) is 0 Å². The highest BCUT2D eigenvalue weighted by atomic mass is 35.5. The van der Waals surface area contributed by atoms with Crippen LogP contribution < -0.4 is 15.4 Å². The number of benzene rings is 3. The molecule has 0 spiro atoms. The molecule has 0 bridgehead atoms. The summed E-state index contributed by atoms with van der Waals surface area (Å²) in [6.07, 6.45) is 2.37. The average molecular weight is 519 g/mol. The number of nitrogens with one attached hydrogen (secondary N) is 2. The van der Waals surface area contributed by atoms with E-state index >= 15 is 0 Å². The van der Waals surface area contributed by atoms with Gasteiger partial charge in [-0.1, -0.05) is 54.1 Å². The summed E-state index contributed by atoms with van der Waals surface area (Å²) < 4.78 is 6.04. The van der Waals surface area contributed by atoms with Crippen molar-refractivity contribution in [3.8, 4) is 11.5 Å². The van der Waals surface area contributed by atoms with Crippen molar-refractivity contribution in [2.75, 3.05) is 0 Å². The zero-order valence-electron chi connectivity index (χ0n) is 21.9. The van der Waals surface area contributed by atoms with E-state index in [-0.39, 0.29) is 22.8 Å². The Morgan fingerprint density at radius 2 is 1.57 bits per heavy atom. The van der Waals surface area contributed by atoms with Gasteiger partial charge in [0.1, 0.15) is 11.5 Å². The predicted molar refractivity (Wildman–Crippen MR) is 149 cm³/mol. The quantitative estimate of drug-likeness (QED) is 0.309. The van der Waals surface area contributed by atoms with Crippen molar-refractivity contribution in [1.82, 2.24) is 10.6 Å². The smallest absolute Gasteiger partial charge is 0.255 e. The zero-order valence-corrected chi connectivity index (χ0v) is 22.7. The van der Waals surface area contributed by atoms with Gasteiger partial charge in [-0.25, -0.2) is 0 Å². The lowest BCUT2D eigenvalue weighted by Crippen LogP contribution is -2.57. The van der Waals surface area contributed by atoms with Crippen molar-refractivity contribution in [2.24, 2.45) is 5.92 Å². The molecule has 37 heavy (non-hydrogen) atoms. The Hall–Kier alpha value is -3.15. The van der Waals surface area contributed by atoms with Crippen LogP contribution in [-0.2, 0) is 6.54 Å². The molecule has 0 aliphatic carbocycles. The number of para-hydroxylation sites is 1. The fourth-order valence-corrected chi connectivity index (χ4v) is 5.77. The first kappa shape index (κ1) is 26.9. The number of amides is 1. The van der Waals surface area contributed by atoms with E-state index in [9.17, 15) is 9.59 Å². The largest absolute Gasteiger partial charge is 0.455 e. The first-order valence-electron chi connectivity index (χ1n) is 12.7. The van der Waals surface area contributed by atoms with Gasteiger partial charge >= 0.3 is 0 Å². The lowest BCUT2D eigenvalue weighted by atomic mass is 9.74. The number of Topliss-reactive ketones (excluding diaryl/α,β-unsaturated/α-hetero) is 1. The molecule has 1 amide bonds. The molecule has 0 radical (unpaired) electrons. The van der Waals surface area contributed by atoms with Gasteiger partial charge in [-0.15, -0.1) is 0 Å². The molecule has 3 aromatic carbocycles. The maximum absolute atomic E-state index is 13.1. The molecule has 4 rings (SSSR count). The Morgan fingerprint density at radius 1 is 0.919 bits per heavy atom. The first-order chi connectivity index (χ1) is 17.5. The second kappa shape index (κ2) is 11.1. The van der Waals surface area contributed by atoms with Gasteiger partial charge in [-0.05, 0) is 82.3 Å². The second-order valence-electron chi connectivity index (χ2n) is 11.2. The van der Waals surface area contributed by atoms with Crippen LogP contribution in [0.1, 0.15) is 73.2 Å². The van der Waals surface area contributed by atoms with Gasteiger partial charge in [-0.2, -0.15) is 0 Å². The van der Waals surface area contributed by atoms with E-state index < -0.39 is 0 Å². The molecule has 1 heterocycles. The van der Waals surface area contributed by atoms with Crippen LogP contribution in [0.4, 0.5) is 0 Å². The third kappa shape index (κ3) is 7.21. The number of halogens is 1. The third-order valence-corrected chi connectivity index (χ3v) is 6.95. The number of ether oxygens (including phenoxy) is 1. The molecule has 0 aromatic heterocycles. The van der Waals surface area contributed by atoms with E-state index in [2.05, 4.69) is 38.3 Å². The number of hydrogen-bond acceptors (Lipinski definition) is 4. The molecule has 6 heteroatoms. The minimum absolute atomic E-state index is 0.0111. The SMILES string of the molecule is CC1(C)CC(CC(=O)c2ccc(Oc3ccccc3C(=O)NCc3ccccc3)c(Cl)c2)CC(C)(C)N1. The van der Waals surface area contributed by atoms with Crippen LogP contribution in [0.15, 0.2) is 72.8 Å². The van der Waals surface area contributed by atoms with Crippen molar-refractivity contribution in [3.63, 3.8) is 0 Å². The van der Waals surface area contributed by atoms with E-state index in [0.717, 1.165) is 18.4 Å². The van der Waals surface area contributed by atoms with Gasteiger partial charge in [0.25, 0.3) is 5.91 Å². The third-order valence-electron chi connectivity index (χ3n) is 6.65. The van der Waals surface area contributed by atoms with E-state index in [1.54, 1.807) is 42.5 Å². The normalized spacial score (nSPS) is 16.7. The maximum Gasteiger partial charge on any atom is 0.255 e. The number of piperidine rings is 1. The Balaban J connectivity index is 1.43. The molecule has 0 saturated carbocycles. The molecule has 3 aromatic rings. The molecule has 5 nitrogen and oxygen atoms in total. The summed E-state index contributed by atoms with van der Waals surface area (Å²) in [5, 5.41) is 6.93. The van der Waals surface area contributed by atoms with Crippen LogP contribution in [0.5, 0.6) is 11.5 Å². The molecule has 0 unspecified atom stereocenters. The summed E-state index contributed by atoms with van der Waals surface area (Å²) in [7, 11) is 0. The minimum atomic E-state index is -0.241. The van der Waals surface area contributed by atoms with Gasteiger partial charge in [0, 0.05) is 29.6 Å². The highest BCUT2D eigenvalue weighted by Crippen LogP contribution is 2.36. The molecule has 1 aliphatic heterocycles. The van der Waals surface area contributed by atoms with E-state index in [1.165, 1.54) is 0 Å². The van der Waals surface area contributed by atoms with E-state index in [0.29, 0.717) is 46.5 Å². The van der Waals surface area contributed by atoms with E-state index in [1.807, 2.05) is 30.3 Å². The van der Waals surface area contributed by atoms with Crippen LogP contribution in [0.2, 0.25) is 5.02 Å². The lowest BCUT2D eigenvalue weighted by molar-refractivity contribution is 0.0863. The molecule has 1 fully saturated rings. The Labute approximate surface area is 224 Å². The average Bonchev–Trinajstić information content (AvgIpc) is 2.82. The fourth-order valence-electron chi connectivity index (χ4n) is 5.55. The summed E-state index contributed by atoms with van der Waals surface area (Å²) >= 11 is 6.54. The molecule has 1 aliphatic rings. The van der Waals surface area contributed by atoms with Crippen molar-refractivity contribution in [2.45, 2.75) is 64.6 Å². The number of carbonyl (C=O) groups excluding carboxylic acids is 2. The summed E-state index contributed by atoms with van der Waals surface area (Å²) in [5.41, 5.74) is 1.96. The van der Waals surface area contributed by atoms with Crippen molar-refractivity contribution in [3.05, 3.63) is 94.5 Å². The predicted octanol–water partition coefficient (Wildman–Crippen LogP) is 7.19. The Morgan fingerprint density at radius 3 is 2.24 bits per heavy atom. The molecule has 1 saturated heterocycles. The van der Waals surface area contributed by atoms with Gasteiger partial charge in [0.05, 0.1) is 10.6 Å². The summed E-state index contributed by atoms with van der Waals surface area (Å²) in [6, 6.07) is 21.9. The van der Waals surface area contributed by atoms with Gasteiger partial charge < -0.3 is 15.4 Å². The fraction of sp³-hybridized carbons (Fsp3) is 0.355. The van der Waals surface area contributed by atoms with Crippen molar-refractivity contribution < 1.29 is 14.3 Å². The highest BCUT2D eigenvalue weighted by Gasteiger charge is 2.38. The van der Waals surface area contributed by atoms with Gasteiger partial charge in [0.2, 0.25) is 0 Å². The Bertz CT molecular complexity index is 1250. The number of hydrogen-bond donors (Lipinski definition) is 2. The highest BCUT2D eigenvalue weighted by molar-refractivity contribution is 6.32. The van der Waals surface area contributed by atoms with E-state index in [4.69, 9.17) is 16.3 Å². The van der Waals surface area contributed by atoms with Crippen LogP contribution in [0.3, 0.4) is 0 Å². The Kier molecular flexibility index (Phi) is 8.05. The summed E-state index contributed by atoms with van der Waals surface area (Å²) in [4.78, 5) is 26.0. The zero-order chi connectivity index (χ0) is 26.6. The number of ketones is 1. The maximum atomic E-state index is 13.1. The first-order valence-corrected chi connectivity index (χ1v) is 13.1. The molecule has 0 atom stereocenters. The topological polar surface area (TPSA) is 67.4 Å². The number of carbonyl (C=O) groups is 2. The minimum Gasteiger partial charge on any atom is -0.455 e. The standard InChI is InChI=1S/C31H35ClN2O3/c1-30(2)18-22(19-31(3,4)34-30)16-26(35)23-14-15-28(25(32)17-23)37-27-13-9-8-12-24(27)29(36)33-20-21-10-6-5-7-11-21/h5-15,17,22,34H,16,18-20H2,1-4H3,(H,33,36). The molecular weight excluding hydrogens is 484 g/mol. The van der Waals surface area contributed by atoms with Gasteiger partial charge in [-0.3, -0.25) is 9.59 Å². The molecule has 194 valence electrons. The van der Waals surface area contributed by atoms with Crippen LogP contribution >= 0.6 is 11.6 Å². The molecule has 2 N–H and O–H groups in total. The summed E-state index contributed by atoms with van der Waals surface area (Å²) in [6.45, 7) is 9.17. The van der Waals surface area contributed by atoms with Gasteiger partial charge in [0.15, 0.2) is 5.78 Å². The number of rotatable bonds is 8. The lowest BCUT2D eigenvalue weighted by Gasteiger charge is -2.46. The monoisotopic (exact) mass is 518 g/mol. The van der Waals surface area contributed by atoms with Crippen LogP contribution in [-0.4, -0.2) is 22.8 Å². The van der Waals surface area contributed by atoms with Crippen molar-refractivity contribution >= 4 is 23.3 Å². The van der Waals surface area contributed by atoms with Crippen LogP contribution in [0, 0.1) is 5.92 Å². The summed E-state index contributed by atoms with van der Waals surface area (Å²) in [5.74, 6) is 0.927.